The van der Waals surface area contributed by atoms with Crippen molar-refractivity contribution in [1.82, 2.24) is 15.0 Å². The largest absolute Gasteiger partial charge is 0.351 e. The second-order valence-electron chi connectivity index (χ2n) is 3.81. The fraction of sp³-hybridized carbons (Fsp3) is 0.778. The van der Waals surface area contributed by atoms with Crippen LogP contribution in [0.3, 0.4) is 0 Å². The summed E-state index contributed by atoms with van der Waals surface area (Å²) in [6.45, 7) is 3.20. The highest BCUT2D eigenvalue weighted by atomic mass is 35.5. The van der Waals surface area contributed by atoms with Gasteiger partial charge in [-0.05, 0) is 19.8 Å². The molecule has 2 atom stereocenters. The lowest BCUT2D eigenvalue weighted by molar-refractivity contribution is 0.480. The molecule has 1 aliphatic heterocycles. The third kappa shape index (κ3) is 1.59. The molecule has 0 spiro atoms. The number of aryl methyl sites for hydroxylation is 1. The van der Waals surface area contributed by atoms with Gasteiger partial charge < -0.3 is 4.90 Å². The minimum atomic E-state index is 0.235. The molecule has 0 amide bonds. The van der Waals surface area contributed by atoms with Gasteiger partial charge in [0, 0.05) is 19.6 Å². The summed E-state index contributed by atoms with van der Waals surface area (Å²) in [5.41, 5.74) is 0. The van der Waals surface area contributed by atoms with Gasteiger partial charge in [0.25, 0.3) is 0 Å². The summed E-state index contributed by atoms with van der Waals surface area (Å²) >= 11 is 6.24. The highest BCUT2D eigenvalue weighted by molar-refractivity contribution is 6.21. The predicted octanol–water partition coefficient (Wildman–Crippen LogP) is 1.41. The lowest BCUT2D eigenvalue weighted by Gasteiger charge is -2.37. The molecule has 0 saturated carbocycles. The van der Waals surface area contributed by atoms with Crippen LogP contribution in [0.5, 0.6) is 0 Å². The van der Waals surface area contributed by atoms with Crippen LogP contribution in [0.4, 0.5) is 5.82 Å². The van der Waals surface area contributed by atoms with Gasteiger partial charge in [-0.3, -0.25) is 0 Å². The number of aromatic nitrogens is 3. The SMILES string of the molecule is CC1C(Cl)CCCN1c1cnnn1C. The van der Waals surface area contributed by atoms with Gasteiger partial charge in [-0.2, -0.15) is 0 Å². The minimum absolute atomic E-state index is 0.235. The number of hydrogen-bond donors (Lipinski definition) is 0. The van der Waals surface area contributed by atoms with Crippen molar-refractivity contribution in [3.63, 3.8) is 0 Å². The first-order valence-corrected chi connectivity index (χ1v) is 5.39. The molecule has 2 unspecified atom stereocenters. The molecule has 1 aromatic rings. The quantitative estimate of drug-likeness (QED) is 0.663. The van der Waals surface area contributed by atoms with E-state index in [0.717, 1.165) is 25.2 Å². The van der Waals surface area contributed by atoms with Crippen molar-refractivity contribution in [3.05, 3.63) is 6.20 Å². The highest BCUT2D eigenvalue weighted by Gasteiger charge is 2.27. The molecule has 1 aromatic heterocycles. The van der Waals surface area contributed by atoms with E-state index < -0.39 is 0 Å². The number of hydrogen-bond acceptors (Lipinski definition) is 3. The zero-order valence-corrected chi connectivity index (χ0v) is 9.28. The molecule has 78 valence electrons. The van der Waals surface area contributed by atoms with Crippen LogP contribution in [-0.2, 0) is 7.05 Å². The van der Waals surface area contributed by atoms with Gasteiger partial charge in [0.05, 0.1) is 11.6 Å². The van der Waals surface area contributed by atoms with Crippen LogP contribution in [0, 0.1) is 0 Å². The van der Waals surface area contributed by atoms with Gasteiger partial charge >= 0.3 is 0 Å². The molecule has 4 nitrogen and oxygen atoms in total. The summed E-state index contributed by atoms with van der Waals surface area (Å²) < 4.78 is 1.80. The highest BCUT2D eigenvalue weighted by Crippen LogP contribution is 2.26. The Labute approximate surface area is 88.8 Å². The maximum atomic E-state index is 6.24. The van der Waals surface area contributed by atoms with Crippen LogP contribution in [0.2, 0.25) is 0 Å². The maximum Gasteiger partial charge on any atom is 0.147 e. The second kappa shape index (κ2) is 3.77. The lowest BCUT2D eigenvalue weighted by atomic mass is 10.0. The maximum absolute atomic E-state index is 6.24. The van der Waals surface area contributed by atoms with Gasteiger partial charge in [0.2, 0.25) is 0 Å². The number of anilines is 1. The number of nitrogens with zero attached hydrogens (tertiary/aromatic N) is 4. The molecule has 5 heteroatoms. The molecule has 14 heavy (non-hydrogen) atoms. The molecule has 0 aromatic carbocycles. The Hall–Kier alpha value is -0.770. The normalized spacial score (nSPS) is 28.1. The first-order chi connectivity index (χ1) is 6.70. The van der Waals surface area contributed by atoms with Crippen LogP contribution < -0.4 is 4.90 Å². The number of alkyl halides is 1. The van der Waals surface area contributed by atoms with Crippen molar-refractivity contribution < 1.29 is 0 Å². The fourth-order valence-electron chi connectivity index (χ4n) is 1.96. The van der Waals surface area contributed by atoms with E-state index in [-0.39, 0.29) is 5.38 Å². The van der Waals surface area contributed by atoms with Crippen molar-refractivity contribution in [2.75, 3.05) is 11.4 Å². The van der Waals surface area contributed by atoms with Crippen molar-refractivity contribution in [2.45, 2.75) is 31.2 Å². The summed E-state index contributed by atoms with van der Waals surface area (Å²) in [7, 11) is 1.91. The van der Waals surface area contributed by atoms with E-state index in [1.54, 1.807) is 10.9 Å². The van der Waals surface area contributed by atoms with Gasteiger partial charge in [-0.1, -0.05) is 5.21 Å². The van der Waals surface area contributed by atoms with Gasteiger partial charge in [0.15, 0.2) is 0 Å². The van der Waals surface area contributed by atoms with Gasteiger partial charge in [-0.25, -0.2) is 4.68 Å². The third-order valence-corrected chi connectivity index (χ3v) is 3.46. The predicted molar refractivity (Wildman–Crippen MR) is 56.7 cm³/mol. The molecule has 2 rings (SSSR count). The fourth-order valence-corrected chi connectivity index (χ4v) is 2.25. The summed E-state index contributed by atoms with van der Waals surface area (Å²) in [5.74, 6) is 1.06. The topological polar surface area (TPSA) is 34.0 Å². The standard InChI is InChI=1S/C9H15ClN4/c1-7-8(10)4-3-5-14(7)9-6-11-12-13(9)2/h6-8H,3-5H2,1-2H3. The van der Waals surface area contributed by atoms with E-state index in [1.807, 2.05) is 7.05 Å². The van der Waals surface area contributed by atoms with E-state index in [2.05, 4.69) is 22.1 Å². The van der Waals surface area contributed by atoms with E-state index in [9.17, 15) is 0 Å². The van der Waals surface area contributed by atoms with Crippen LogP contribution in [-0.4, -0.2) is 33.0 Å². The van der Waals surface area contributed by atoms with Crippen LogP contribution in [0.25, 0.3) is 0 Å². The third-order valence-electron chi connectivity index (χ3n) is 2.88. The summed E-state index contributed by atoms with van der Waals surface area (Å²) in [5, 5.41) is 8.05. The zero-order valence-electron chi connectivity index (χ0n) is 8.52. The Morgan fingerprint density at radius 1 is 1.57 bits per heavy atom. The molecular weight excluding hydrogens is 200 g/mol. The van der Waals surface area contributed by atoms with E-state index in [0.29, 0.717) is 6.04 Å². The molecule has 1 aliphatic rings. The molecule has 0 aliphatic carbocycles. The summed E-state index contributed by atoms with van der Waals surface area (Å²) in [6, 6.07) is 0.364. The monoisotopic (exact) mass is 214 g/mol. The summed E-state index contributed by atoms with van der Waals surface area (Å²) in [4.78, 5) is 2.28. The van der Waals surface area contributed by atoms with E-state index >= 15 is 0 Å². The molecule has 0 radical (unpaired) electrons. The van der Waals surface area contributed by atoms with Crippen molar-refractivity contribution in [1.29, 1.82) is 0 Å². The average molecular weight is 215 g/mol. The Morgan fingerprint density at radius 2 is 2.36 bits per heavy atom. The number of rotatable bonds is 1. The van der Waals surface area contributed by atoms with Crippen molar-refractivity contribution in [3.8, 4) is 0 Å². The van der Waals surface area contributed by atoms with Gasteiger partial charge in [-0.15, -0.1) is 16.7 Å². The lowest BCUT2D eigenvalue weighted by Crippen LogP contribution is -2.45. The Balaban J connectivity index is 2.21. The number of piperidine rings is 1. The van der Waals surface area contributed by atoms with E-state index in [4.69, 9.17) is 11.6 Å². The van der Waals surface area contributed by atoms with Crippen LogP contribution in [0.1, 0.15) is 19.8 Å². The Kier molecular flexibility index (Phi) is 2.63. The van der Waals surface area contributed by atoms with Crippen LogP contribution in [0.15, 0.2) is 6.20 Å². The molecule has 2 heterocycles. The number of halogens is 1. The second-order valence-corrected chi connectivity index (χ2v) is 4.37. The Bertz CT molecular complexity index is 312. The van der Waals surface area contributed by atoms with Crippen LogP contribution >= 0.6 is 11.6 Å². The zero-order chi connectivity index (χ0) is 10.1. The van der Waals surface area contributed by atoms with Gasteiger partial charge in [0.1, 0.15) is 5.82 Å². The minimum Gasteiger partial charge on any atom is -0.351 e. The summed E-state index contributed by atoms with van der Waals surface area (Å²) in [6.07, 6.45) is 4.04. The molecular formula is C9H15ClN4. The Morgan fingerprint density at radius 3 is 3.00 bits per heavy atom. The van der Waals surface area contributed by atoms with Crippen molar-refractivity contribution >= 4 is 17.4 Å². The first kappa shape index (κ1) is 9.77. The average Bonchev–Trinajstić information content (AvgIpc) is 2.57. The first-order valence-electron chi connectivity index (χ1n) is 4.95. The molecule has 0 N–H and O–H groups in total. The smallest absolute Gasteiger partial charge is 0.147 e. The van der Waals surface area contributed by atoms with Crippen molar-refractivity contribution in [2.24, 2.45) is 7.05 Å². The molecule has 1 saturated heterocycles. The van der Waals surface area contributed by atoms with E-state index in [1.165, 1.54) is 0 Å². The molecule has 1 fully saturated rings. The molecule has 0 bridgehead atoms.